The monoisotopic (exact) mass is 212 g/mol. The largest absolute Gasteiger partial charge is 0.476 e. The minimum absolute atomic E-state index is 0.144. The van der Waals surface area contributed by atoms with E-state index in [1.54, 1.807) is 5.38 Å². The molecule has 0 saturated heterocycles. The quantitative estimate of drug-likeness (QED) is 0.554. The fourth-order valence-corrected chi connectivity index (χ4v) is 1.56. The lowest BCUT2D eigenvalue weighted by Gasteiger charge is -1.98. The van der Waals surface area contributed by atoms with E-state index in [2.05, 4.69) is 16.9 Å². The van der Waals surface area contributed by atoms with Crippen LogP contribution < -0.4 is 5.32 Å². The van der Waals surface area contributed by atoms with Gasteiger partial charge in [0.1, 0.15) is 0 Å². The summed E-state index contributed by atoms with van der Waals surface area (Å²) in [5.41, 5.74) is 0.775. The first-order valence-corrected chi connectivity index (χ1v) is 5.11. The molecule has 0 radical (unpaired) electrons. The Morgan fingerprint density at radius 2 is 2.57 bits per heavy atom. The second-order valence-corrected chi connectivity index (χ2v) is 3.56. The number of aromatic carboxylic acids is 1. The van der Waals surface area contributed by atoms with E-state index in [0.717, 1.165) is 30.0 Å². The van der Waals surface area contributed by atoms with Crippen molar-refractivity contribution in [1.82, 2.24) is 10.3 Å². The number of carboxylic acids is 1. The number of nitrogens with zero attached hydrogens (tertiary/aromatic N) is 1. The summed E-state index contributed by atoms with van der Waals surface area (Å²) in [6, 6.07) is 0. The second-order valence-electron chi connectivity index (χ2n) is 2.70. The Morgan fingerprint density at radius 1 is 1.79 bits per heavy atom. The van der Waals surface area contributed by atoms with Crippen molar-refractivity contribution < 1.29 is 9.90 Å². The van der Waals surface area contributed by atoms with Crippen molar-refractivity contribution in [3.05, 3.63) is 28.7 Å². The molecule has 0 aliphatic rings. The van der Waals surface area contributed by atoms with Crippen LogP contribution >= 0.6 is 11.3 Å². The standard InChI is InChI=1S/C9H12N2O2S/c1-2-3-4-10-5-7-6-14-8(11-7)9(12)13/h2,6,10H,1,3-5H2,(H,12,13). The maximum Gasteiger partial charge on any atom is 0.365 e. The van der Waals surface area contributed by atoms with Crippen LogP contribution in [0, 0.1) is 0 Å². The highest BCUT2D eigenvalue weighted by atomic mass is 32.1. The molecule has 0 aliphatic heterocycles. The summed E-state index contributed by atoms with van der Waals surface area (Å²) in [7, 11) is 0. The molecule has 0 amide bonds. The van der Waals surface area contributed by atoms with Crippen molar-refractivity contribution in [2.24, 2.45) is 0 Å². The number of nitrogens with one attached hydrogen (secondary N) is 1. The van der Waals surface area contributed by atoms with Gasteiger partial charge in [-0.05, 0) is 13.0 Å². The fourth-order valence-electron chi connectivity index (χ4n) is 0.907. The Morgan fingerprint density at radius 3 is 3.14 bits per heavy atom. The Hall–Kier alpha value is -1.20. The third-order valence-corrected chi connectivity index (χ3v) is 2.45. The number of thiazole rings is 1. The highest BCUT2D eigenvalue weighted by Crippen LogP contribution is 2.08. The molecule has 0 fully saturated rings. The topological polar surface area (TPSA) is 62.2 Å². The van der Waals surface area contributed by atoms with Crippen LogP contribution in [0.25, 0.3) is 0 Å². The number of carboxylic acid groups (broad SMARTS) is 1. The number of aromatic nitrogens is 1. The summed E-state index contributed by atoms with van der Waals surface area (Å²) in [4.78, 5) is 14.4. The van der Waals surface area contributed by atoms with Gasteiger partial charge in [0.25, 0.3) is 0 Å². The summed E-state index contributed by atoms with van der Waals surface area (Å²) >= 11 is 1.15. The summed E-state index contributed by atoms with van der Waals surface area (Å²) in [5.74, 6) is -0.965. The van der Waals surface area contributed by atoms with E-state index in [-0.39, 0.29) is 5.01 Å². The summed E-state index contributed by atoms with van der Waals surface area (Å²) in [6.07, 6.45) is 2.73. The molecule has 1 aromatic rings. The number of hydrogen-bond acceptors (Lipinski definition) is 4. The van der Waals surface area contributed by atoms with Gasteiger partial charge >= 0.3 is 5.97 Å². The zero-order valence-electron chi connectivity index (χ0n) is 7.69. The van der Waals surface area contributed by atoms with E-state index in [1.807, 2.05) is 6.08 Å². The maximum atomic E-state index is 10.5. The molecule has 4 nitrogen and oxygen atoms in total. The molecule has 1 heterocycles. The SMILES string of the molecule is C=CCCNCc1csc(C(=O)O)n1. The molecule has 14 heavy (non-hydrogen) atoms. The van der Waals surface area contributed by atoms with Gasteiger partial charge in [0.15, 0.2) is 0 Å². The number of hydrogen-bond donors (Lipinski definition) is 2. The molecule has 0 aliphatic carbocycles. The molecular weight excluding hydrogens is 200 g/mol. The van der Waals surface area contributed by atoms with Crippen LogP contribution in [0.3, 0.4) is 0 Å². The first-order valence-electron chi connectivity index (χ1n) is 4.23. The van der Waals surface area contributed by atoms with E-state index < -0.39 is 5.97 Å². The molecule has 1 aromatic heterocycles. The van der Waals surface area contributed by atoms with Crippen molar-refractivity contribution in [2.75, 3.05) is 6.54 Å². The van der Waals surface area contributed by atoms with Gasteiger partial charge in [-0.3, -0.25) is 0 Å². The van der Waals surface area contributed by atoms with Crippen LogP contribution in [0.15, 0.2) is 18.0 Å². The van der Waals surface area contributed by atoms with Crippen LogP contribution in [0.2, 0.25) is 0 Å². The van der Waals surface area contributed by atoms with E-state index in [4.69, 9.17) is 5.11 Å². The van der Waals surface area contributed by atoms with Gasteiger partial charge in [-0.1, -0.05) is 6.08 Å². The van der Waals surface area contributed by atoms with E-state index in [9.17, 15) is 4.79 Å². The zero-order chi connectivity index (χ0) is 10.4. The van der Waals surface area contributed by atoms with Gasteiger partial charge in [0.2, 0.25) is 5.01 Å². The van der Waals surface area contributed by atoms with Crippen molar-refractivity contribution in [1.29, 1.82) is 0 Å². The summed E-state index contributed by atoms with van der Waals surface area (Å²) in [5, 5.41) is 13.7. The second kappa shape index (κ2) is 5.51. The molecule has 0 saturated carbocycles. The molecule has 0 bridgehead atoms. The Labute approximate surface area is 86.3 Å². The van der Waals surface area contributed by atoms with Crippen molar-refractivity contribution >= 4 is 17.3 Å². The molecule has 0 aromatic carbocycles. The lowest BCUT2D eigenvalue weighted by atomic mass is 10.4. The van der Waals surface area contributed by atoms with Gasteiger partial charge in [-0.15, -0.1) is 17.9 Å². The predicted molar refractivity (Wildman–Crippen MR) is 55.6 cm³/mol. The van der Waals surface area contributed by atoms with E-state index >= 15 is 0 Å². The van der Waals surface area contributed by atoms with E-state index in [0.29, 0.717) is 6.54 Å². The first kappa shape index (κ1) is 10.9. The Balaban J connectivity index is 2.36. The molecule has 5 heteroatoms. The van der Waals surface area contributed by atoms with Crippen LogP contribution in [0.1, 0.15) is 21.9 Å². The van der Waals surface area contributed by atoms with Crippen molar-refractivity contribution in [3.63, 3.8) is 0 Å². The summed E-state index contributed by atoms with van der Waals surface area (Å²) in [6.45, 7) is 5.05. The van der Waals surface area contributed by atoms with Crippen LogP contribution in [-0.2, 0) is 6.54 Å². The Kier molecular flexibility index (Phi) is 4.28. The van der Waals surface area contributed by atoms with Gasteiger partial charge in [0, 0.05) is 11.9 Å². The van der Waals surface area contributed by atoms with Gasteiger partial charge in [-0.25, -0.2) is 9.78 Å². The third kappa shape index (κ3) is 3.27. The zero-order valence-corrected chi connectivity index (χ0v) is 8.51. The first-order chi connectivity index (χ1) is 6.74. The van der Waals surface area contributed by atoms with Crippen molar-refractivity contribution in [2.45, 2.75) is 13.0 Å². The molecule has 2 N–H and O–H groups in total. The van der Waals surface area contributed by atoms with E-state index in [1.165, 1.54) is 0 Å². The van der Waals surface area contributed by atoms with Crippen LogP contribution in [0.4, 0.5) is 0 Å². The number of carbonyl (C=O) groups is 1. The average Bonchev–Trinajstić information content (AvgIpc) is 2.61. The molecular formula is C9H12N2O2S. The summed E-state index contributed by atoms with van der Waals surface area (Å²) < 4.78 is 0. The lowest BCUT2D eigenvalue weighted by Crippen LogP contribution is -2.14. The lowest BCUT2D eigenvalue weighted by molar-refractivity contribution is 0.0696. The van der Waals surface area contributed by atoms with Gasteiger partial charge < -0.3 is 10.4 Å². The van der Waals surface area contributed by atoms with Gasteiger partial charge in [0.05, 0.1) is 5.69 Å². The smallest absolute Gasteiger partial charge is 0.365 e. The van der Waals surface area contributed by atoms with Crippen LogP contribution in [0.5, 0.6) is 0 Å². The number of rotatable bonds is 6. The third-order valence-electron chi connectivity index (χ3n) is 1.57. The minimum Gasteiger partial charge on any atom is -0.476 e. The molecule has 1 rings (SSSR count). The highest BCUT2D eigenvalue weighted by molar-refractivity contribution is 7.11. The van der Waals surface area contributed by atoms with Crippen molar-refractivity contribution in [3.8, 4) is 0 Å². The maximum absolute atomic E-state index is 10.5. The minimum atomic E-state index is -0.965. The molecule has 0 atom stereocenters. The normalized spacial score (nSPS) is 10.0. The van der Waals surface area contributed by atoms with Gasteiger partial charge in [-0.2, -0.15) is 0 Å². The van der Waals surface area contributed by atoms with Crippen LogP contribution in [-0.4, -0.2) is 22.6 Å². The molecule has 0 spiro atoms. The molecule has 76 valence electrons. The predicted octanol–water partition coefficient (Wildman–Crippen LogP) is 1.51. The average molecular weight is 212 g/mol. The highest BCUT2D eigenvalue weighted by Gasteiger charge is 2.07. The molecule has 0 unspecified atom stereocenters. The fraction of sp³-hybridized carbons (Fsp3) is 0.333. The Bertz CT molecular complexity index is 322.